The Bertz CT molecular complexity index is 237. The van der Waals surface area contributed by atoms with Gasteiger partial charge in [0.2, 0.25) is 0 Å². The van der Waals surface area contributed by atoms with Gasteiger partial charge in [0.15, 0.2) is 18.3 Å². The Morgan fingerprint density at radius 3 is 2.31 bits per heavy atom. The highest BCUT2D eigenvalue weighted by molar-refractivity contribution is 5.80. The molecule has 0 amide bonds. The number of esters is 1. The number of aliphatic carboxylic acids is 1. The average molecular weight is 192 g/mol. The summed E-state index contributed by atoms with van der Waals surface area (Å²) < 4.78 is 4.24. The highest BCUT2D eigenvalue weighted by Gasteiger charge is 2.48. The fourth-order valence-electron chi connectivity index (χ4n) is 0.984. The zero-order valence-electron chi connectivity index (χ0n) is 6.32. The van der Waals surface area contributed by atoms with E-state index in [1.165, 1.54) is 0 Å². The molecule has 0 aromatic heterocycles. The molecule has 0 saturated carbocycles. The minimum atomic E-state index is -2.03. The van der Waals surface area contributed by atoms with E-state index < -0.39 is 36.4 Å². The van der Waals surface area contributed by atoms with Gasteiger partial charge in [-0.2, -0.15) is 0 Å². The summed E-state index contributed by atoms with van der Waals surface area (Å²) in [6.45, 7) is 0. The molecule has 1 heterocycles. The number of carbonyl (C=O) groups is 2. The molecule has 0 bridgehead atoms. The molecule has 7 heteroatoms. The Morgan fingerprint density at radius 2 is 2.00 bits per heavy atom. The topological polar surface area (TPSA) is 124 Å². The summed E-state index contributed by atoms with van der Waals surface area (Å²) in [5.41, 5.74) is 0. The highest BCUT2D eigenvalue weighted by atomic mass is 16.6. The maximum absolute atomic E-state index is 10.6. The molecule has 0 spiro atoms. The van der Waals surface area contributed by atoms with Crippen LogP contribution in [-0.4, -0.2) is 56.8 Å². The lowest BCUT2D eigenvalue weighted by Crippen LogP contribution is -2.42. The summed E-state index contributed by atoms with van der Waals surface area (Å²) >= 11 is 0. The van der Waals surface area contributed by atoms with E-state index in [-0.39, 0.29) is 0 Å². The molecule has 1 aliphatic rings. The van der Waals surface area contributed by atoms with Gasteiger partial charge in [-0.25, -0.2) is 9.59 Å². The lowest BCUT2D eigenvalue weighted by Gasteiger charge is -2.15. The minimum Gasteiger partial charge on any atom is -0.479 e. The van der Waals surface area contributed by atoms with E-state index in [4.69, 9.17) is 20.4 Å². The number of carboxylic acids is 1. The van der Waals surface area contributed by atoms with Crippen LogP contribution in [0.3, 0.4) is 0 Å². The molecule has 0 radical (unpaired) electrons. The normalized spacial score (nSPS) is 35.6. The standard InChI is InChI=1S/C6H8O7/c7-1-2(8)6(12)13-4(1)3(9)5(10)11/h1-4,7-9H,(H,10,11)/t1-,2-,3-,4-/m0/s1. The number of aliphatic hydroxyl groups is 3. The van der Waals surface area contributed by atoms with Gasteiger partial charge in [-0.15, -0.1) is 0 Å². The first-order valence-corrected chi connectivity index (χ1v) is 3.42. The zero-order valence-corrected chi connectivity index (χ0v) is 6.32. The summed E-state index contributed by atoms with van der Waals surface area (Å²) in [6.07, 6.45) is -7.14. The smallest absolute Gasteiger partial charge is 0.338 e. The number of hydrogen-bond donors (Lipinski definition) is 4. The van der Waals surface area contributed by atoms with Crippen LogP contribution in [0.5, 0.6) is 0 Å². The van der Waals surface area contributed by atoms with Gasteiger partial charge in [-0.1, -0.05) is 0 Å². The zero-order chi connectivity index (χ0) is 10.2. The van der Waals surface area contributed by atoms with Crippen molar-refractivity contribution in [3.8, 4) is 0 Å². The summed E-state index contributed by atoms with van der Waals surface area (Å²) in [6, 6.07) is 0. The molecule has 1 rings (SSSR count). The lowest BCUT2D eigenvalue weighted by molar-refractivity contribution is -0.161. The number of carbonyl (C=O) groups excluding carboxylic acids is 1. The van der Waals surface area contributed by atoms with Crippen LogP contribution >= 0.6 is 0 Å². The Kier molecular flexibility index (Phi) is 2.50. The predicted octanol–water partition coefficient (Wildman–Crippen LogP) is -2.92. The van der Waals surface area contributed by atoms with E-state index in [9.17, 15) is 9.59 Å². The monoisotopic (exact) mass is 192 g/mol. The molecule has 1 fully saturated rings. The summed E-state index contributed by atoms with van der Waals surface area (Å²) in [7, 11) is 0. The molecule has 0 aromatic carbocycles. The third-order valence-corrected chi connectivity index (χ3v) is 1.72. The molecule has 4 atom stereocenters. The number of aliphatic hydroxyl groups excluding tert-OH is 3. The fraction of sp³-hybridized carbons (Fsp3) is 0.667. The summed E-state index contributed by atoms with van der Waals surface area (Å²) in [5, 5.41) is 35.0. The van der Waals surface area contributed by atoms with Crippen LogP contribution in [0.1, 0.15) is 0 Å². The van der Waals surface area contributed by atoms with Crippen LogP contribution in [0.2, 0.25) is 0 Å². The van der Waals surface area contributed by atoms with Crippen molar-refractivity contribution in [1.29, 1.82) is 0 Å². The second kappa shape index (κ2) is 3.29. The molecule has 1 saturated heterocycles. The minimum absolute atomic E-state index is 1.14. The van der Waals surface area contributed by atoms with Crippen molar-refractivity contribution < 1.29 is 34.8 Å². The second-order valence-corrected chi connectivity index (χ2v) is 2.62. The molecule has 0 aromatic rings. The van der Waals surface area contributed by atoms with Crippen LogP contribution in [0, 0.1) is 0 Å². The van der Waals surface area contributed by atoms with Gasteiger partial charge >= 0.3 is 11.9 Å². The van der Waals surface area contributed by atoms with E-state index >= 15 is 0 Å². The summed E-state index contributed by atoms with van der Waals surface area (Å²) in [5.74, 6) is -2.77. The lowest BCUT2D eigenvalue weighted by atomic mass is 10.1. The maximum atomic E-state index is 10.6. The maximum Gasteiger partial charge on any atom is 0.338 e. The summed E-state index contributed by atoms with van der Waals surface area (Å²) in [4.78, 5) is 20.8. The number of ether oxygens (including phenoxy) is 1. The van der Waals surface area contributed by atoms with Crippen LogP contribution in [0.4, 0.5) is 0 Å². The van der Waals surface area contributed by atoms with Gasteiger partial charge in [0.25, 0.3) is 0 Å². The van der Waals surface area contributed by atoms with E-state index in [2.05, 4.69) is 4.74 Å². The van der Waals surface area contributed by atoms with Crippen LogP contribution in [0.15, 0.2) is 0 Å². The van der Waals surface area contributed by atoms with Crippen LogP contribution < -0.4 is 0 Å². The fourth-order valence-corrected chi connectivity index (χ4v) is 0.984. The second-order valence-electron chi connectivity index (χ2n) is 2.62. The van der Waals surface area contributed by atoms with Crippen molar-refractivity contribution in [2.24, 2.45) is 0 Å². The van der Waals surface area contributed by atoms with Gasteiger partial charge in [0.1, 0.15) is 6.10 Å². The molecule has 0 aliphatic carbocycles. The average Bonchev–Trinajstić information content (AvgIpc) is 2.31. The van der Waals surface area contributed by atoms with Gasteiger partial charge < -0.3 is 25.2 Å². The number of carboxylic acid groups (broad SMARTS) is 1. The van der Waals surface area contributed by atoms with Gasteiger partial charge in [0.05, 0.1) is 0 Å². The molecule has 4 N–H and O–H groups in total. The first-order chi connectivity index (χ1) is 5.95. The number of rotatable bonds is 2. The van der Waals surface area contributed by atoms with Gasteiger partial charge in [0, 0.05) is 0 Å². The van der Waals surface area contributed by atoms with Crippen molar-refractivity contribution in [3.63, 3.8) is 0 Å². The van der Waals surface area contributed by atoms with Crippen LogP contribution in [-0.2, 0) is 14.3 Å². The van der Waals surface area contributed by atoms with Crippen molar-refractivity contribution >= 4 is 11.9 Å². The predicted molar refractivity (Wildman–Crippen MR) is 35.5 cm³/mol. The third-order valence-electron chi connectivity index (χ3n) is 1.72. The molecule has 0 unspecified atom stereocenters. The Labute approximate surface area is 72.2 Å². The molecule has 74 valence electrons. The van der Waals surface area contributed by atoms with Gasteiger partial charge in [-0.3, -0.25) is 0 Å². The number of hydrogen-bond acceptors (Lipinski definition) is 6. The molecule has 1 aliphatic heterocycles. The van der Waals surface area contributed by atoms with Crippen molar-refractivity contribution in [2.75, 3.05) is 0 Å². The Morgan fingerprint density at radius 1 is 1.46 bits per heavy atom. The van der Waals surface area contributed by atoms with E-state index in [1.54, 1.807) is 0 Å². The Balaban J connectivity index is 2.73. The largest absolute Gasteiger partial charge is 0.479 e. The molecule has 13 heavy (non-hydrogen) atoms. The van der Waals surface area contributed by atoms with Crippen molar-refractivity contribution in [3.05, 3.63) is 0 Å². The van der Waals surface area contributed by atoms with Crippen molar-refractivity contribution in [1.82, 2.24) is 0 Å². The SMILES string of the molecule is O=C1O[C@H]([C@H](O)C(=O)O)[C@@H](O)[C@@H]1O. The number of cyclic esters (lactones) is 1. The quantitative estimate of drug-likeness (QED) is 0.345. The van der Waals surface area contributed by atoms with Gasteiger partial charge in [-0.05, 0) is 0 Å². The molecular weight excluding hydrogens is 184 g/mol. The highest BCUT2D eigenvalue weighted by Crippen LogP contribution is 2.18. The van der Waals surface area contributed by atoms with E-state index in [0.29, 0.717) is 0 Å². The van der Waals surface area contributed by atoms with E-state index in [1.807, 2.05) is 0 Å². The van der Waals surface area contributed by atoms with Crippen molar-refractivity contribution in [2.45, 2.75) is 24.4 Å². The molecule has 7 nitrogen and oxygen atoms in total. The third kappa shape index (κ3) is 1.62. The van der Waals surface area contributed by atoms with Crippen LogP contribution in [0.25, 0.3) is 0 Å². The Hall–Kier alpha value is -1.18. The first-order valence-electron chi connectivity index (χ1n) is 3.42. The molecular formula is C6H8O7. The first kappa shape index (κ1) is 9.90. The van der Waals surface area contributed by atoms with E-state index in [0.717, 1.165) is 0 Å².